The molecule has 1 heterocycles. The molecular formula is C11H10F3NO2. The number of carbonyl (C=O) groups excluding carboxylic acids is 1. The molecule has 1 aromatic carbocycles. The molecule has 0 aliphatic carbocycles. The Labute approximate surface area is 95.6 Å². The third-order valence-corrected chi connectivity index (χ3v) is 2.64. The van der Waals surface area contributed by atoms with E-state index < -0.39 is 17.8 Å². The summed E-state index contributed by atoms with van der Waals surface area (Å²) in [5, 5.41) is 2.57. The molecule has 92 valence electrons. The number of alkyl halides is 3. The first-order chi connectivity index (χ1) is 7.93. The van der Waals surface area contributed by atoms with Crippen LogP contribution in [0.3, 0.4) is 0 Å². The van der Waals surface area contributed by atoms with E-state index in [9.17, 15) is 18.0 Å². The first kappa shape index (κ1) is 11.9. The number of hydrogen-bond donors (Lipinski definition) is 1. The van der Waals surface area contributed by atoms with Crippen LogP contribution in [0.25, 0.3) is 0 Å². The van der Waals surface area contributed by atoms with Gasteiger partial charge in [-0.15, -0.1) is 0 Å². The van der Waals surface area contributed by atoms with Crippen LogP contribution < -0.4 is 5.32 Å². The normalized spacial score (nSPS) is 19.1. The molecule has 6 heteroatoms. The highest BCUT2D eigenvalue weighted by atomic mass is 19.4. The van der Waals surface area contributed by atoms with Crippen LogP contribution in [0.5, 0.6) is 0 Å². The molecule has 17 heavy (non-hydrogen) atoms. The van der Waals surface area contributed by atoms with E-state index in [0.717, 1.165) is 12.1 Å². The van der Waals surface area contributed by atoms with Crippen LogP contribution in [-0.2, 0) is 10.9 Å². The van der Waals surface area contributed by atoms with Gasteiger partial charge in [0.1, 0.15) is 0 Å². The molecular weight excluding hydrogens is 235 g/mol. The average molecular weight is 245 g/mol. The SMILES string of the molecule is COCC1NC(=O)c2ccc(C(F)(F)F)cc21. The molecule has 0 fully saturated rings. The van der Waals surface area contributed by atoms with Crippen LogP contribution in [0.15, 0.2) is 18.2 Å². The van der Waals surface area contributed by atoms with E-state index in [1.807, 2.05) is 0 Å². The number of benzene rings is 1. The minimum absolute atomic E-state index is 0.153. The molecule has 1 unspecified atom stereocenters. The molecule has 1 N–H and O–H groups in total. The Morgan fingerprint density at radius 2 is 2.12 bits per heavy atom. The Hall–Kier alpha value is -1.56. The summed E-state index contributed by atoms with van der Waals surface area (Å²) in [6.45, 7) is 0.153. The largest absolute Gasteiger partial charge is 0.416 e. The second-order valence-electron chi connectivity index (χ2n) is 3.78. The number of amides is 1. The standard InChI is InChI=1S/C11H10F3NO2/c1-17-5-9-8-4-6(11(12,13)14)2-3-7(8)10(16)15-9/h2-4,9H,5H2,1H3,(H,15,16). The fraction of sp³-hybridized carbons (Fsp3) is 0.364. The molecule has 0 radical (unpaired) electrons. The zero-order valence-corrected chi connectivity index (χ0v) is 8.97. The summed E-state index contributed by atoms with van der Waals surface area (Å²) in [6, 6.07) is 2.60. The maximum absolute atomic E-state index is 12.5. The maximum Gasteiger partial charge on any atom is 0.416 e. The number of fused-ring (bicyclic) bond motifs is 1. The van der Waals surface area contributed by atoms with Crippen molar-refractivity contribution < 1.29 is 22.7 Å². The lowest BCUT2D eigenvalue weighted by Gasteiger charge is -2.12. The molecule has 3 nitrogen and oxygen atoms in total. The Morgan fingerprint density at radius 3 is 2.71 bits per heavy atom. The summed E-state index contributed by atoms with van der Waals surface area (Å²) in [7, 11) is 1.43. The summed E-state index contributed by atoms with van der Waals surface area (Å²) < 4.78 is 42.4. The molecule has 1 atom stereocenters. The van der Waals surface area contributed by atoms with Gasteiger partial charge in [-0.3, -0.25) is 4.79 Å². The smallest absolute Gasteiger partial charge is 0.382 e. The van der Waals surface area contributed by atoms with Gasteiger partial charge in [0.2, 0.25) is 0 Å². The molecule has 1 aromatic rings. The lowest BCUT2D eigenvalue weighted by Crippen LogP contribution is -2.22. The fourth-order valence-corrected chi connectivity index (χ4v) is 1.85. The van der Waals surface area contributed by atoms with E-state index in [2.05, 4.69) is 5.32 Å². The van der Waals surface area contributed by atoms with Crippen LogP contribution in [0, 0.1) is 0 Å². The summed E-state index contributed by atoms with van der Waals surface area (Å²) in [5.74, 6) is -0.365. The first-order valence-corrected chi connectivity index (χ1v) is 4.94. The van der Waals surface area contributed by atoms with Crippen molar-refractivity contribution >= 4 is 5.91 Å². The van der Waals surface area contributed by atoms with Gasteiger partial charge in [-0.25, -0.2) is 0 Å². The van der Waals surface area contributed by atoms with E-state index >= 15 is 0 Å². The fourth-order valence-electron chi connectivity index (χ4n) is 1.85. The van der Waals surface area contributed by atoms with Crippen molar-refractivity contribution in [3.05, 3.63) is 34.9 Å². The van der Waals surface area contributed by atoms with Crippen molar-refractivity contribution in [3.63, 3.8) is 0 Å². The van der Waals surface area contributed by atoms with Crippen molar-refractivity contribution in [2.45, 2.75) is 12.2 Å². The highest BCUT2D eigenvalue weighted by molar-refractivity contribution is 5.99. The van der Waals surface area contributed by atoms with E-state index in [0.29, 0.717) is 5.56 Å². The van der Waals surface area contributed by atoms with E-state index in [1.54, 1.807) is 0 Å². The number of ether oxygens (including phenoxy) is 1. The molecule has 1 aliphatic rings. The van der Waals surface area contributed by atoms with Gasteiger partial charge >= 0.3 is 6.18 Å². The third-order valence-electron chi connectivity index (χ3n) is 2.64. The molecule has 0 bridgehead atoms. The number of nitrogens with one attached hydrogen (secondary N) is 1. The Balaban J connectivity index is 2.43. The monoisotopic (exact) mass is 245 g/mol. The van der Waals surface area contributed by atoms with E-state index in [-0.39, 0.29) is 18.1 Å². The molecule has 0 saturated heterocycles. The predicted octanol–water partition coefficient (Wildman–Crippen LogP) is 2.14. The maximum atomic E-state index is 12.5. The van der Waals surface area contributed by atoms with Crippen molar-refractivity contribution in [2.75, 3.05) is 13.7 Å². The highest BCUT2D eigenvalue weighted by Crippen LogP contribution is 2.34. The molecule has 1 aliphatic heterocycles. The molecule has 2 rings (SSSR count). The van der Waals surface area contributed by atoms with Crippen LogP contribution in [0.2, 0.25) is 0 Å². The summed E-state index contributed by atoms with van der Waals surface area (Å²) in [4.78, 5) is 11.5. The van der Waals surface area contributed by atoms with Gasteiger partial charge in [0, 0.05) is 12.7 Å². The minimum Gasteiger partial charge on any atom is -0.382 e. The summed E-state index contributed by atoms with van der Waals surface area (Å²) in [6.07, 6.45) is -4.40. The van der Waals surface area contributed by atoms with Crippen molar-refractivity contribution in [1.82, 2.24) is 5.32 Å². The Kier molecular flexibility index (Phi) is 2.82. The van der Waals surface area contributed by atoms with Gasteiger partial charge in [-0.05, 0) is 23.8 Å². The Bertz CT molecular complexity index is 457. The third kappa shape index (κ3) is 2.12. The van der Waals surface area contributed by atoms with Crippen molar-refractivity contribution in [3.8, 4) is 0 Å². The average Bonchev–Trinajstić information content (AvgIpc) is 2.55. The minimum atomic E-state index is -4.40. The van der Waals surface area contributed by atoms with E-state index in [4.69, 9.17) is 4.74 Å². The number of methoxy groups -OCH3 is 1. The first-order valence-electron chi connectivity index (χ1n) is 4.94. The number of hydrogen-bond acceptors (Lipinski definition) is 2. The molecule has 0 aromatic heterocycles. The predicted molar refractivity (Wildman–Crippen MR) is 53.5 cm³/mol. The zero-order valence-electron chi connectivity index (χ0n) is 8.97. The van der Waals surface area contributed by atoms with E-state index in [1.165, 1.54) is 13.2 Å². The van der Waals surface area contributed by atoms with Gasteiger partial charge in [0.05, 0.1) is 18.2 Å². The Morgan fingerprint density at radius 1 is 1.41 bits per heavy atom. The van der Waals surface area contributed by atoms with Crippen LogP contribution in [0.4, 0.5) is 13.2 Å². The van der Waals surface area contributed by atoms with Crippen molar-refractivity contribution in [1.29, 1.82) is 0 Å². The highest BCUT2D eigenvalue weighted by Gasteiger charge is 2.35. The lowest BCUT2D eigenvalue weighted by molar-refractivity contribution is -0.137. The van der Waals surface area contributed by atoms with Gasteiger partial charge in [-0.2, -0.15) is 13.2 Å². The van der Waals surface area contributed by atoms with Crippen LogP contribution in [-0.4, -0.2) is 19.6 Å². The summed E-state index contributed by atoms with van der Waals surface area (Å²) >= 11 is 0. The van der Waals surface area contributed by atoms with Gasteiger partial charge < -0.3 is 10.1 Å². The second kappa shape index (κ2) is 4.03. The zero-order chi connectivity index (χ0) is 12.6. The molecule has 0 saturated carbocycles. The number of rotatable bonds is 2. The number of halogens is 3. The quantitative estimate of drug-likeness (QED) is 0.866. The lowest BCUT2D eigenvalue weighted by atomic mass is 10.0. The van der Waals surface area contributed by atoms with Gasteiger partial charge in [0.25, 0.3) is 5.91 Å². The molecule has 0 spiro atoms. The summed E-state index contributed by atoms with van der Waals surface area (Å²) in [5.41, 5.74) is -0.138. The van der Waals surface area contributed by atoms with Crippen LogP contribution in [0.1, 0.15) is 27.5 Å². The van der Waals surface area contributed by atoms with Crippen LogP contribution >= 0.6 is 0 Å². The molecule has 1 amide bonds. The second-order valence-corrected chi connectivity index (χ2v) is 3.78. The number of carbonyl (C=O) groups is 1. The van der Waals surface area contributed by atoms with Crippen molar-refractivity contribution in [2.24, 2.45) is 0 Å². The van der Waals surface area contributed by atoms with Gasteiger partial charge in [-0.1, -0.05) is 0 Å². The topological polar surface area (TPSA) is 38.3 Å². The van der Waals surface area contributed by atoms with Gasteiger partial charge in [0.15, 0.2) is 0 Å².